The van der Waals surface area contributed by atoms with E-state index >= 15 is 0 Å². The number of carbonyl (C=O) groups excluding carboxylic acids is 1. The van der Waals surface area contributed by atoms with Gasteiger partial charge in [0.1, 0.15) is 0 Å². The Bertz CT molecular complexity index is 305. The number of nitrogens with one attached hydrogen (secondary N) is 2. The van der Waals surface area contributed by atoms with E-state index in [2.05, 4.69) is 17.6 Å². The Morgan fingerprint density at radius 1 is 1.21 bits per heavy atom. The first kappa shape index (κ1) is 14.8. The first-order valence-corrected chi connectivity index (χ1v) is 7.82. The van der Waals surface area contributed by atoms with Gasteiger partial charge >= 0.3 is 0 Å². The van der Waals surface area contributed by atoms with E-state index in [0.717, 1.165) is 58.0 Å². The largest absolute Gasteiger partial charge is 0.388 e. The zero-order chi connectivity index (χ0) is 13.8. The first-order chi connectivity index (χ1) is 9.10. The smallest absolute Gasteiger partial charge is 0.227 e. The van der Waals surface area contributed by atoms with Gasteiger partial charge < -0.3 is 15.7 Å². The van der Waals surface area contributed by atoms with Crippen molar-refractivity contribution in [2.24, 2.45) is 5.41 Å². The predicted molar refractivity (Wildman–Crippen MR) is 75.9 cm³/mol. The molecule has 2 fully saturated rings. The summed E-state index contributed by atoms with van der Waals surface area (Å²) < 4.78 is 0. The average molecular weight is 268 g/mol. The van der Waals surface area contributed by atoms with Crippen LogP contribution in [-0.2, 0) is 4.79 Å². The van der Waals surface area contributed by atoms with Gasteiger partial charge in [0.2, 0.25) is 5.91 Å². The summed E-state index contributed by atoms with van der Waals surface area (Å²) >= 11 is 0. The number of hydrogen-bond acceptors (Lipinski definition) is 3. The van der Waals surface area contributed by atoms with Crippen LogP contribution in [0, 0.1) is 5.41 Å². The first-order valence-electron chi connectivity index (χ1n) is 7.82. The van der Waals surface area contributed by atoms with Crippen LogP contribution in [0.15, 0.2) is 0 Å². The molecule has 0 aromatic rings. The fourth-order valence-corrected chi connectivity index (χ4v) is 3.44. The molecule has 3 N–H and O–H groups in total. The van der Waals surface area contributed by atoms with Crippen LogP contribution in [0.25, 0.3) is 0 Å². The molecule has 0 bridgehead atoms. The Balaban J connectivity index is 1.88. The third-order valence-corrected chi connectivity index (χ3v) is 4.99. The monoisotopic (exact) mass is 268 g/mol. The molecule has 1 unspecified atom stereocenters. The van der Waals surface area contributed by atoms with E-state index in [0.29, 0.717) is 6.54 Å². The molecule has 0 radical (unpaired) electrons. The van der Waals surface area contributed by atoms with E-state index in [4.69, 9.17) is 0 Å². The van der Waals surface area contributed by atoms with Gasteiger partial charge in [-0.05, 0) is 38.6 Å². The van der Waals surface area contributed by atoms with Gasteiger partial charge in [-0.2, -0.15) is 0 Å². The van der Waals surface area contributed by atoms with Crippen LogP contribution in [0.3, 0.4) is 0 Å². The lowest BCUT2D eigenvalue weighted by molar-refractivity contribution is -0.134. The van der Waals surface area contributed by atoms with E-state index in [-0.39, 0.29) is 11.3 Å². The molecule has 1 atom stereocenters. The number of carbonyl (C=O) groups is 1. The Hall–Kier alpha value is -0.610. The van der Waals surface area contributed by atoms with Crippen molar-refractivity contribution >= 4 is 5.91 Å². The second-order valence-corrected chi connectivity index (χ2v) is 6.38. The Morgan fingerprint density at radius 3 is 2.53 bits per heavy atom. The molecule has 19 heavy (non-hydrogen) atoms. The van der Waals surface area contributed by atoms with Gasteiger partial charge in [-0.3, -0.25) is 4.79 Å². The minimum Gasteiger partial charge on any atom is -0.388 e. The second-order valence-electron chi connectivity index (χ2n) is 6.38. The van der Waals surface area contributed by atoms with Crippen molar-refractivity contribution in [1.29, 1.82) is 0 Å². The molecule has 1 saturated carbocycles. The van der Waals surface area contributed by atoms with Gasteiger partial charge in [0.05, 0.1) is 11.0 Å². The van der Waals surface area contributed by atoms with Crippen molar-refractivity contribution in [1.82, 2.24) is 10.6 Å². The third-order valence-electron chi connectivity index (χ3n) is 4.99. The normalized spacial score (nSPS) is 30.8. The number of rotatable bonds is 4. The summed E-state index contributed by atoms with van der Waals surface area (Å²) in [5.41, 5.74) is -0.922. The molecule has 1 amide bonds. The molecule has 1 saturated heterocycles. The molecular formula is C15H28N2O2. The molecule has 110 valence electrons. The van der Waals surface area contributed by atoms with Gasteiger partial charge in [-0.15, -0.1) is 0 Å². The predicted octanol–water partition coefficient (Wildman–Crippen LogP) is 1.58. The van der Waals surface area contributed by atoms with E-state index in [9.17, 15) is 9.90 Å². The van der Waals surface area contributed by atoms with Gasteiger partial charge in [-0.1, -0.05) is 26.2 Å². The van der Waals surface area contributed by atoms with E-state index < -0.39 is 5.60 Å². The van der Waals surface area contributed by atoms with Crippen molar-refractivity contribution in [3.8, 4) is 0 Å². The van der Waals surface area contributed by atoms with Crippen LogP contribution in [0.5, 0.6) is 0 Å². The highest BCUT2D eigenvalue weighted by molar-refractivity contribution is 5.83. The van der Waals surface area contributed by atoms with Crippen molar-refractivity contribution < 1.29 is 9.90 Å². The lowest BCUT2D eigenvalue weighted by atomic mass is 9.77. The lowest BCUT2D eigenvalue weighted by Crippen LogP contribution is -2.53. The SMILES string of the molecule is CCC1(C(=O)NCC2(O)CCCCC2)CCCNC1. The fourth-order valence-electron chi connectivity index (χ4n) is 3.44. The lowest BCUT2D eigenvalue weighted by Gasteiger charge is -2.38. The molecule has 4 nitrogen and oxygen atoms in total. The zero-order valence-corrected chi connectivity index (χ0v) is 12.1. The summed E-state index contributed by atoms with van der Waals surface area (Å²) in [5, 5.41) is 16.8. The molecule has 2 aliphatic rings. The van der Waals surface area contributed by atoms with Gasteiger partial charge in [0.25, 0.3) is 0 Å². The van der Waals surface area contributed by atoms with E-state index in [1.54, 1.807) is 0 Å². The standard InChI is InChI=1S/C15H28N2O2/c1-2-14(7-6-10-16-11-14)13(18)17-12-15(19)8-4-3-5-9-15/h16,19H,2-12H2,1H3,(H,17,18). The maximum absolute atomic E-state index is 12.5. The highest BCUT2D eigenvalue weighted by atomic mass is 16.3. The highest BCUT2D eigenvalue weighted by Gasteiger charge is 2.39. The molecule has 0 aromatic carbocycles. The molecular weight excluding hydrogens is 240 g/mol. The van der Waals surface area contributed by atoms with E-state index in [1.807, 2.05) is 0 Å². The molecule has 1 aliphatic heterocycles. The van der Waals surface area contributed by atoms with Gasteiger partial charge in [0, 0.05) is 13.1 Å². The molecule has 0 spiro atoms. The third kappa shape index (κ3) is 3.48. The summed E-state index contributed by atoms with van der Waals surface area (Å²) in [6.45, 7) is 4.29. The van der Waals surface area contributed by atoms with Crippen molar-refractivity contribution in [3.05, 3.63) is 0 Å². The topological polar surface area (TPSA) is 61.4 Å². The second kappa shape index (κ2) is 6.23. The summed E-state index contributed by atoms with van der Waals surface area (Å²) in [6, 6.07) is 0. The molecule has 0 aromatic heterocycles. The highest BCUT2D eigenvalue weighted by Crippen LogP contribution is 2.31. The van der Waals surface area contributed by atoms with Crippen LogP contribution in [0.1, 0.15) is 58.3 Å². The minimum atomic E-state index is -0.662. The molecule has 2 rings (SSSR count). The van der Waals surface area contributed by atoms with Crippen molar-refractivity contribution in [2.75, 3.05) is 19.6 Å². The number of hydrogen-bond donors (Lipinski definition) is 3. The summed E-state index contributed by atoms with van der Waals surface area (Å²) in [6.07, 6.45) is 7.89. The molecule has 4 heteroatoms. The number of aliphatic hydroxyl groups is 1. The maximum atomic E-state index is 12.5. The van der Waals surface area contributed by atoms with Crippen LogP contribution >= 0.6 is 0 Å². The Kier molecular flexibility index (Phi) is 4.85. The van der Waals surface area contributed by atoms with Crippen LogP contribution < -0.4 is 10.6 Å². The quantitative estimate of drug-likeness (QED) is 0.725. The Morgan fingerprint density at radius 2 is 1.95 bits per heavy atom. The van der Waals surface area contributed by atoms with Crippen LogP contribution in [0.4, 0.5) is 0 Å². The van der Waals surface area contributed by atoms with Gasteiger partial charge in [-0.25, -0.2) is 0 Å². The molecule has 1 aliphatic carbocycles. The maximum Gasteiger partial charge on any atom is 0.227 e. The van der Waals surface area contributed by atoms with Crippen LogP contribution in [-0.4, -0.2) is 36.2 Å². The fraction of sp³-hybridized carbons (Fsp3) is 0.933. The van der Waals surface area contributed by atoms with Crippen molar-refractivity contribution in [3.63, 3.8) is 0 Å². The van der Waals surface area contributed by atoms with E-state index in [1.165, 1.54) is 6.42 Å². The zero-order valence-electron chi connectivity index (χ0n) is 12.1. The summed E-state index contributed by atoms with van der Waals surface area (Å²) in [4.78, 5) is 12.5. The minimum absolute atomic E-state index is 0.126. The van der Waals surface area contributed by atoms with Gasteiger partial charge in [0.15, 0.2) is 0 Å². The number of amides is 1. The number of piperidine rings is 1. The van der Waals surface area contributed by atoms with Crippen LogP contribution in [0.2, 0.25) is 0 Å². The summed E-state index contributed by atoms with van der Waals surface area (Å²) in [5.74, 6) is 0.126. The average Bonchev–Trinajstić information content (AvgIpc) is 2.46. The molecule has 1 heterocycles. The Labute approximate surface area is 116 Å². The summed E-state index contributed by atoms with van der Waals surface area (Å²) in [7, 11) is 0. The van der Waals surface area contributed by atoms with Crippen molar-refractivity contribution in [2.45, 2.75) is 63.9 Å².